The van der Waals surface area contributed by atoms with Crippen LogP contribution in [0.25, 0.3) is 0 Å². The van der Waals surface area contributed by atoms with E-state index in [-0.39, 0.29) is 5.69 Å². The molecule has 1 aliphatic heterocycles. The molecule has 0 aromatic heterocycles. The molecular weight excluding hydrogens is 323 g/mol. The minimum Gasteiger partial charge on any atom is -0.379 e. The van der Waals surface area contributed by atoms with Gasteiger partial charge in [0.05, 0.1) is 13.2 Å². The van der Waals surface area contributed by atoms with Gasteiger partial charge in [-0.25, -0.2) is 18.0 Å². The Morgan fingerprint density at radius 2 is 1.75 bits per heavy atom. The van der Waals surface area contributed by atoms with Crippen LogP contribution in [-0.4, -0.2) is 50.3 Å². The maximum absolute atomic E-state index is 13.0. The first-order valence-corrected chi connectivity index (χ1v) is 8.06. The molecule has 134 valence electrons. The molecule has 2 N–H and O–H groups in total. The van der Waals surface area contributed by atoms with Crippen LogP contribution in [0.5, 0.6) is 0 Å². The van der Waals surface area contributed by atoms with Crippen molar-refractivity contribution in [2.75, 3.05) is 44.7 Å². The third-order valence-electron chi connectivity index (χ3n) is 3.78. The normalized spacial score (nSPS) is 15.3. The molecule has 0 saturated carbocycles. The van der Waals surface area contributed by atoms with Crippen molar-refractivity contribution in [3.63, 3.8) is 0 Å². The fourth-order valence-corrected chi connectivity index (χ4v) is 2.47. The molecule has 1 aromatic rings. The van der Waals surface area contributed by atoms with Gasteiger partial charge in [-0.3, -0.25) is 4.90 Å². The predicted molar refractivity (Wildman–Crippen MR) is 84.4 cm³/mol. The third-order valence-corrected chi connectivity index (χ3v) is 3.78. The Balaban J connectivity index is 1.58. The summed E-state index contributed by atoms with van der Waals surface area (Å²) in [7, 11) is 0. The summed E-state index contributed by atoms with van der Waals surface area (Å²) >= 11 is 0. The standard InChI is InChI=1S/C16H22F3N3O2/c17-13-10-12(11-14(18)15(13)19)21-16(23)20-4-2-1-3-5-22-6-8-24-9-7-22/h10-11H,1-9H2,(H2,20,21,23). The highest BCUT2D eigenvalue weighted by Crippen LogP contribution is 2.17. The van der Waals surface area contributed by atoms with Crippen molar-refractivity contribution in [1.82, 2.24) is 10.2 Å². The molecule has 0 spiro atoms. The van der Waals surface area contributed by atoms with E-state index in [2.05, 4.69) is 15.5 Å². The van der Waals surface area contributed by atoms with Crippen LogP contribution in [-0.2, 0) is 4.74 Å². The van der Waals surface area contributed by atoms with Crippen LogP contribution >= 0.6 is 0 Å². The Labute approximate surface area is 139 Å². The molecule has 1 saturated heterocycles. The van der Waals surface area contributed by atoms with Crippen LogP contribution < -0.4 is 10.6 Å². The van der Waals surface area contributed by atoms with Gasteiger partial charge in [-0.05, 0) is 19.4 Å². The predicted octanol–water partition coefficient (Wildman–Crippen LogP) is 2.73. The van der Waals surface area contributed by atoms with Crippen molar-refractivity contribution in [2.45, 2.75) is 19.3 Å². The molecule has 1 aromatic carbocycles. The van der Waals surface area contributed by atoms with Gasteiger partial charge >= 0.3 is 6.03 Å². The van der Waals surface area contributed by atoms with Crippen LogP contribution in [0.3, 0.4) is 0 Å². The van der Waals surface area contributed by atoms with E-state index in [1.165, 1.54) is 0 Å². The van der Waals surface area contributed by atoms with Crippen molar-refractivity contribution in [3.8, 4) is 0 Å². The fourth-order valence-electron chi connectivity index (χ4n) is 2.47. The fraction of sp³-hybridized carbons (Fsp3) is 0.562. The summed E-state index contributed by atoms with van der Waals surface area (Å²) in [6.07, 6.45) is 2.82. The lowest BCUT2D eigenvalue weighted by Gasteiger charge is -2.26. The summed E-state index contributed by atoms with van der Waals surface area (Å²) in [5.41, 5.74) is -0.129. The quantitative estimate of drug-likeness (QED) is 0.590. The largest absolute Gasteiger partial charge is 0.379 e. The lowest BCUT2D eigenvalue weighted by atomic mass is 10.2. The first-order valence-electron chi connectivity index (χ1n) is 8.06. The summed E-state index contributed by atoms with van der Waals surface area (Å²) in [4.78, 5) is 14.0. The molecule has 2 amide bonds. The lowest BCUT2D eigenvalue weighted by Crippen LogP contribution is -2.36. The van der Waals surface area contributed by atoms with E-state index < -0.39 is 23.5 Å². The van der Waals surface area contributed by atoms with Crippen molar-refractivity contribution >= 4 is 11.7 Å². The first kappa shape index (κ1) is 18.5. The highest BCUT2D eigenvalue weighted by atomic mass is 19.2. The molecule has 0 unspecified atom stereocenters. The van der Waals surface area contributed by atoms with Crippen molar-refractivity contribution in [1.29, 1.82) is 0 Å². The minimum absolute atomic E-state index is 0.129. The number of amides is 2. The van der Waals surface area contributed by atoms with Gasteiger partial charge in [0.1, 0.15) is 0 Å². The van der Waals surface area contributed by atoms with E-state index in [1.54, 1.807) is 0 Å². The van der Waals surface area contributed by atoms with Gasteiger partial charge in [0.25, 0.3) is 0 Å². The molecular formula is C16H22F3N3O2. The average molecular weight is 345 g/mol. The van der Waals surface area contributed by atoms with Crippen LogP contribution in [0.2, 0.25) is 0 Å². The smallest absolute Gasteiger partial charge is 0.319 e. The van der Waals surface area contributed by atoms with Gasteiger partial charge in [0, 0.05) is 37.5 Å². The van der Waals surface area contributed by atoms with Gasteiger partial charge in [0.2, 0.25) is 0 Å². The highest BCUT2D eigenvalue weighted by molar-refractivity contribution is 5.89. The maximum Gasteiger partial charge on any atom is 0.319 e. The number of halogens is 3. The van der Waals surface area contributed by atoms with E-state index in [0.29, 0.717) is 6.54 Å². The van der Waals surface area contributed by atoms with Crippen molar-refractivity contribution in [2.24, 2.45) is 0 Å². The number of unbranched alkanes of at least 4 members (excludes halogenated alkanes) is 2. The minimum atomic E-state index is -1.55. The number of nitrogens with zero attached hydrogens (tertiary/aromatic N) is 1. The molecule has 1 fully saturated rings. The van der Waals surface area contributed by atoms with E-state index in [9.17, 15) is 18.0 Å². The Bertz CT molecular complexity index is 528. The summed E-state index contributed by atoms with van der Waals surface area (Å²) in [5.74, 6) is -4.23. The summed E-state index contributed by atoms with van der Waals surface area (Å²) in [6, 6.07) is 0.897. The van der Waals surface area contributed by atoms with Crippen LogP contribution in [0, 0.1) is 17.5 Å². The van der Waals surface area contributed by atoms with Gasteiger partial charge < -0.3 is 15.4 Å². The Kier molecular flexibility index (Phi) is 7.33. The highest BCUT2D eigenvalue weighted by Gasteiger charge is 2.12. The van der Waals surface area contributed by atoms with E-state index in [0.717, 1.165) is 64.2 Å². The van der Waals surface area contributed by atoms with E-state index in [4.69, 9.17) is 4.74 Å². The number of carbonyl (C=O) groups excluding carboxylic acids is 1. The van der Waals surface area contributed by atoms with Crippen LogP contribution in [0.1, 0.15) is 19.3 Å². The summed E-state index contributed by atoms with van der Waals surface area (Å²) in [5, 5.41) is 4.88. The zero-order valence-electron chi connectivity index (χ0n) is 13.4. The number of hydrogen-bond donors (Lipinski definition) is 2. The number of carbonyl (C=O) groups is 1. The second-order valence-electron chi connectivity index (χ2n) is 5.65. The van der Waals surface area contributed by atoms with Crippen LogP contribution in [0.4, 0.5) is 23.7 Å². The topological polar surface area (TPSA) is 53.6 Å². The number of morpholine rings is 1. The molecule has 8 heteroatoms. The van der Waals surface area contributed by atoms with Gasteiger partial charge in [-0.2, -0.15) is 0 Å². The molecule has 2 rings (SSSR count). The lowest BCUT2D eigenvalue weighted by molar-refractivity contribution is 0.0371. The average Bonchev–Trinajstić information content (AvgIpc) is 2.56. The molecule has 5 nitrogen and oxygen atoms in total. The van der Waals surface area contributed by atoms with E-state index in [1.807, 2.05) is 0 Å². The number of benzene rings is 1. The number of hydrogen-bond acceptors (Lipinski definition) is 3. The Morgan fingerprint density at radius 3 is 2.42 bits per heavy atom. The molecule has 0 radical (unpaired) electrons. The van der Waals surface area contributed by atoms with Crippen molar-refractivity contribution < 1.29 is 22.7 Å². The number of rotatable bonds is 7. The van der Waals surface area contributed by atoms with Crippen LogP contribution in [0.15, 0.2) is 12.1 Å². The second-order valence-corrected chi connectivity index (χ2v) is 5.65. The maximum atomic E-state index is 13.0. The number of ether oxygens (including phenoxy) is 1. The number of anilines is 1. The zero-order valence-corrected chi connectivity index (χ0v) is 13.4. The third kappa shape index (κ3) is 6.01. The zero-order chi connectivity index (χ0) is 17.4. The molecule has 1 heterocycles. The second kappa shape index (κ2) is 9.48. The van der Waals surface area contributed by atoms with Crippen molar-refractivity contribution in [3.05, 3.63) is 29.6 Å². The first-order chi connectivity index (χ1) is 11.6. The molecule has 0 aliphatic carbocycles. The molecule has 0 atom stereocenters. The van der Waals surface area contributed by atoms with Gasteiger partial charge in [0.15, 0.2) is 17.5 Å². The Morgan fingerprint density at radius 1 is 1.08 bits per heavy atom. The summed E-state index contributed by atoms with van der Waals surface area (Å²) < 4.78 is 44.2. The number of nitrogens with one attached hydrogen (secondary N) is 2. The molecule has 24 heavy (non-hydrogen) atoms. The van der Waals surface area contributed by atoms with Gasteiger partial charge in [-0.15, -0.1) is 0 Å². The number of urea groups is 1. The van der Waals surface area contributed by atoms with Gasteiger partial charge in [-0.1, -0.05) is 6.42 Å². The molecule has 0 bridgehead atoms. The van der Waals surface area contributed by atoms with E-state index >= 15 is 0 Å². The summed E-state index contributed by atoms with van der Waals surface area (Å²) in [6.45, 7) is 4.97. The molecule has 1 aliphatic rings. The SMILES string of the molecule is O=C(NCCCCCN1CCOCC1)Nc1cc(F)c(F)c(F)c1. The Hall–Kier alpha value is -1.80. The monoisotopic (exact) mass is 345 g/mol.